The van der Waals surface area contributed by atoms with Crippen LogP contribution >= 0.6 is 23.2 Å². The third-order valence-corrected chi connectivity index (χ3v) is 1.10. The lowest BCUT2D eigenvalue weighted by Gasteiger charge is -1.86. The molecule has 0 bridgehead atoms. The van der Waals surface area contributed by atoms with E-state index in [9.17, 15) is 0 Å². The first-order chi connectivity index (χ1) is 4.18. The first-order valence-electron chi connectivity index (χ1n) is 2.13. The molecule has 0 radical (unpaired) electrons. The summed E-state index contributed by atoms with van der Waals surface area (Å²) in [5.74, 6) is 0. The van der Waals surface area contributed by atoms with Crippen LogP contribution in [0.15, 0.2) is 29.0 Å². The first-order valence-corrected chi connectivity index (χ1v) is 2.89. The van der Waals surface area contributed by atoms with Gasteiger partial charge in [0, 0.05) is 12.4 Å². The number of hydrogen-bond donors (Lipinski definition) is 1. The van der Waals surface area contributed by atoms with Gasteiger partial charge in [-0.15, -0.1) is 0 Å². The van der Waals surface area contributed by atoms with Gasteiger partial charge in [-0.2, -0.15) is 0 Å². The molecule has 0 aliphatic carbocycles. The molecule has 0 spiro atoms. The molecule has 0 heterocycles. The van der Waals surface area contributed by atoms with E-state index in [1.807, 2.05) is 0 Å². The lowest BCUT2D eigenvalue weighted by atomic mass is 10.7. The van der Waals surface area contributed by atoms with Crippen LogP contribution in [0.2, 0.25) is 0 Å². The lowest BCUT2D eigenvalue weighted by Crippen LogP contribution is -1.83. The average molecular weight is 165 g/mol. The van der Waals surface area contributed by atoms with Crippen LogP contribution in [0.3, 0.4) is 0 Å². The Hall–Kier alpha value is -0.470. The minimum atomic E-state index is 0.151. The van der Waals surface area contributed by atoms with Crippen molar-refractivity contribution < 1.29 is 0 Å². The Morgan fingerprint density at radius 3 is 2.44 bits per heavy atom. The van der Waals surface area contributed by atoms with Gasteiger partial charge in [-0.1, -0.05) is 29.8 Å². The number of nitrogens with two attached hydrogens (primary N) is 1. The van der Waals surface area contributed by atoms with Gasteiger partial charge in [-0.05, 0) is 0 Å². The van der Waals surface area contributed by atoms with Gasteiger partial charge in [-0.25, -0.2) is 4.99 Å². The van der Waals surface area contributed by atoms with E-state index in [0.29, 0.717) is 0 Å². The molecular weight excluding hydrogens is 159 g/mol. The number of hydrogen-bond acceptors (Lipinski definition) is 2. The van der Waals surface area contributed by atoms with Crippen LogP contribution < -0.4 is 5.73 Å². The van der Waals surface area contributed by atoms with Crippen molar-refractivity contribution in [3.63, 3.8) is 0 Å². The highest BCUT2D eigenvalue weighted by atomic mass is 35.5. The highest BCUT2D eigenvalue weighted by Crippen LogP contribution is 2.04. The molecule has 0 fully saturated rings. The Kier molecular flexibility index (Phi) is 4.18. The zero-order valence-electron chi connectivity index (χ0n) is 4.64. The van der Waals surface area contributed by atoms with Crippen LogP contribution in [0.1, 0.15) is 0 Å². The summed E-state index contributed by atoms with van der Waals surface area (Å²) < 4.78 is 0. The van der Waals surface area contributed by atoms with Crippen LogP contribution in [-0.2, 0) is 0 Å². The SMILES string of the molecule is C=C(Cl)C(Cl)=N/C=C\N. The van der Waals surface area contributed by atoms with Gasteiger partial charge in [-0.3, -0.25) is 0 Å². The topological polar surface area (TPSA) is 38.4 Å². The van der Waals surface area contributed by atoms with Crippen molar-refractivity contribution in [2.24, 2.45) is 10.7 Å². The summed E-state index contributed by atoms with van der Waals surface area (Å²) in [4.78, 5) is 3.59. The van der Waals surface area contributed by atoms with Crippen molar-refractivity contribution in [2.45, 2.75) is 0 Å². The molecule has 0 aromatic rings. The highest BCUT2D eigenvalue weighted by Gasteiger charge is 1.91. The Morgan fingerprint density at radius 2 is 2.11 bits per heavy atom. The maximum absolute atomic E-state index is 5.41. The minimum absolute atomic E-state index is 0.151. The van der Waals surface area contributed by atoms with Crippen LogP contribution in [0.4, 0.5) is 0 Å². The molecule has 0 rings (SSSR count). The van der Waals surface area contributed by atoms with E-state index < -0.39 is 0 Å². The summed E-state index contributed by atoms with van der Waals surface area (Å²) in [6.07, 6.45) is 2.58. The van der Waals surface area contributed by atoms with E-state index in [1.54, 1.807) is 0 Å². The van der Waals surface area contributed by atoms with Crippen LogP contribution in [0, 0.1) is 0 Å². The molecule has 0 saturated carbocycles. The number of rotatable bonds is 2. The van der Waals surface area contributed by atoms with E-state index in [-0.39, 0.29) is 10.2 Å². The third kappa shape index (κ3) is 4.06. The fourth-order valence-corrected chi connectivity index (χ4v) is 0.284. The molecule has 0 amide bonds. The van der Waals surface area contributed by atoms with Gasteiger partial charge in [0.25, 0.3) is 0 Å². The third-order valence-electron chi connectivity index (χ3n) is 0.498. The summed E-state index contributed by atoms with van der Waals surface area (Å²) >= 11 is 10.7. The Bertz CT molecular complexity index is 160. The van der Waals surface area contributed by atoms with Crippen molar-refractivity contribution in [3.05, 3.63) is 24.0 Å². The molecule has 0 unspecified atom stereocenters. The standard InChI is InChI=1S/C5H6Cl2N2/c1-4(6)5(7)9-3-2-8/h2-3H,1,8H2/b3-2-,9-5?. The lowest BCUT2D eigenvalue weighted by molar-refractivity contribution is 1.49. The number of aliphatic imine (C=N–C) groups is 1. The maximum atomic E-state index is 5.41. The number of allylic oxidation sites excluding steroid dienone is 1. The monoisotopic (exact) mass is 164 g/mol. The maximum Gasteiger partial charge on any atom is 0.147 e. The molecule has 0 aromatic carbocycles. The van der Waals surface area contributed by atoms with E-state index in [2.05, 4.69) is 11.6 Å². The van der Waals surface area contributed by atoms with Gasteiger partial charge in [0.15, 0.2) is 0 Å². The first kappa shape index (κ1) is 8.53. The van der Waals surface area contributed by atoms with Crippen molar-refractivity contribution in [3.8, 4) is 0 Å². The Labute approximate surface area is 63.7 Å². The molecule has 0 aromatic heterocycles. The summed E-state index contributed by atoms with van der Waals surface area (Å²) in [6, 6.07) is 0. The van der Waals surface area contributed by atoms with Gasteiger partial charge in [0.1, 0.15) is 5.17 Å². The van der Waals surface area contributed by atoms with Gasteiger partial charge < -0.3 is 5.73 Å². The second-order valence-corrected chi connectivity index (χ2v) is 1.98. The molecule has 0 atom stereocenters. The zero-order chi connectivity index (χ0) is 7.28. The molecule has 9 heavy (non-hydrogen) atoms. The van der Waals surface area contributed by atoms with Gasteiger partial charge >= 0.3 is 0 Å². The summed E-state index contributed by atoms with van der Waals surface area (Å²) in [5.41, 5.74) is 4.96. The molecule has 2 nitrogen and oxygen atoms in total. The molecule has 0 saturated heterocycles. The number of halogens is 2. The van der Waals surface area contributed by atoms with E-state index >= 15 is 0 Å². The van der Waals surface area contributed by atoms with E-state index in [1.165, 1.54) is 12.4 Å². The quantitative estimate of drug-likeness (QED) is 0.622. The van der Waals surface area contributed by atoms with Gasteiger partial charge in [0.05, 0.1) is 5.03 Å². The van der Waals surface area contributed by atoms with Crippen LogP contribution in [0.25, 0.3) is 0 Å². The predicted molar refractivity (Wildman–Crippen MR) is 41.6 cm³/mol. The molecule has 4 heteroatoms. The normalized spacial score (nSPS) is 12.4. The summed E-state index contributed by atoms with van der Waals surface area (Å²) in [7, 11) is 0. The van der Waals surface area contributed by atoms with E-state index in [4.69, 9.17) is 28.9 Å². The summed E-state index contributed by atoms with van der Waals surface area (Å²) in [5, 5.41) is 0.355. The van der Waals surface area contributed by atoms with Gasteiger partial charge in [0.2, 0.25) is 0 Å². The molecule has 50 valence electrons. The van der Waals surface area contributed by atoms with Crippen molar-refractivity contribution in [1.82, 2.24) is 0 Å². The molecule has 0 aliphatic heterocycles. The second kappa shape index (κ2) is 4.41. The molecular formula is C5H6Cl2N2. The molecule has 2 N–H and O–H groups in total. The average Bonchev–Trinajstić information content (AvgIpc) is 1.82. The van der Waals surface area contributed by atoms with Crippen LogP contribution in [-0.4, -0.2) is 5.17 Å². The van der Waals surface area contributed by atoms with Crippen molar-refractivity contribution in [2.75, 3.05) is 0 Å². The van der Waals surface area contributed by atoms with E-state index in [0.717, 1.165) is 0 Å². The Balaban J connectivity index is 4.00. The largest absolute Gasteiger partial charge is 0.403 e. The second-order valence-electron chi connectivity index (χ2n) is 1.17. The van der Waals surface area contributed by atoms with Crippen molar-refractivity contribution >= 4 is 28.4 Å². The minimum Gasteiger partial charge on any atom is -0.403 e. The summed E-state index contributed by atoms with van der Waals surface area (Å²) in [6.45, 7) is 3.34. The zero-order valence-corrected chi connectivity index (χ0v) is 6.15. The van der Waals surface area contributed by atoms with Crippen LogP contribution in [0.5, 0.6) is 0 Å². The number of nitrogens with zero attached hydrogens (tertiary/aromatic N) is 1. The fourth-order valence-electron chi connectivity index (χ4n) is 0.179. The highest BCUT2D eigenvalue weighted by molar-refractivity contribution is 6.75. The van der Waals surface area contributed by atoms with Crippen molar-refractivity contribution in [1.29, 1.82) is 0 Å². The fraction of sp³-hybridized carbons (Fsp3) is 0. The smallest absolute Gasteiger partial charge is 0.147 e. The predicted octanol–water partition coefficient (Wildman–Crippen LogP) is 1.81. The molecule has 0 aliphatic rings. The Morgan fingerprint density at radius 1 is 1.56 bits per heavy atom.